The second kappa shape index (κ2) is 5.98. The topological polar surface area (TPSA) is 58.4 Å². The van der Waals surface area contributed by atoms with Gasteiger partial charge in [-0.3, -0.25) is 4.79 Å². The first kappa shape index (κ1) is 11.5. The van der Waals surface area contributed by atoms with Crippen molar-refractivity contribution >= 4 is 5.91 Å². The van der Waals surface area contributed by atoms with Crippen molar-refractivity contribution in [2.45, 2.75) is 32.2 Å². The van der Waals surface area contributed by atoms with Gasteiger partial charge in [0.1, 0.15) is 0 Å². The highest BCUT2D eigenvalue weighted by atomic mass is 16.2. The fourth-order valence-corrected chi connectivity index (χ4v) is 1.68. The van der Waals surface area contributed by atoms with Crippen LogP contribution in [0.25, 0.3) is 0 Å². The van der Waals surface area contributed by atoms with Gasteiger partial charge in [-0.2, -0.15) is 0 Å². The van der Waals surface area contributed by atoms with E-state index in [4.69, 9.17) is 5.73 Å². The molecule has 0 aromatic carbocycles. The Morgan fingerprint density at radius 2 is 2.07 bits per heavy atom. The van der Waals surface area contributed by atoms with E-state index < -0.39 is 6.04 Å². The van der Waals surface area contributed by atoms with Crippen LogP contribution < -0.4 is 11.1 Å². The summed E-state index contributed by atoms with van der Waals surface area (Å²) in [6.45, 7) is 5.73. The first-order chi connectivity index (χ1) is 6.70. The van der Waals surface area contributed by atoms with Gasteiger partial charge in [-0.05, 0) is 32.9 Å². The molecule has 0 aromatic rings. The number of amides is 1. The molecule has 4 nitrogen and oxygen atoms in total. The van der Waals surface area contributed by atoms with Gasteiger partial charge in [-0.1, -0.05) is 6.42 Å². The smallest absolute Gasteiger partial charge is 0.236 e. The van der Waals surface area contributed by atoms with Crippen molar-refractivity contribution in [3.8, 4) is 0 Å². The van der Waals surface area contributed by atoms with Gasteiger partial charge in [0.2, 0.25) is 5.91 Å². The molecule has 1 fully saturated rings. The van der Waals surface area contributed by atoms with Crippen molar-refractivity contribution in [2.24, 2.45) is 5.73 Å². The zero-order valence-electron chi connectivity index (χ0n) is 8.96. The van der Waals surface area contributed by atoms with E-state index in [0.717, 1.165) is 13.1 Å². The van der Waals surface area contributed by atoms with Crippen LogP contribution in [-0.4, -0.2) is 43.0 Å². The molecule has 1 unspecified atom stereocenters. The first-order valence-electron chi connectivity index (χ1n) is 5.46. The van der Waals surface area contributed by atoms with Crippen molar-refractivity contribution < 1.29 is 4.79 Å². The molecule has 14 heavy (non-hydrogen) atoms. The summed E-state index contributed by atoms with van der Waals surface area (Å²) in [6, 6.07) is -0.392. The van der Waals surface area contributed by atoms with Gasteiger partial charge in [0.25, 0.3) is 0 Å². The number of hydrogen-bond acceptors (Lipinski definition) is 3. The highest BCUT2D eigenvalue weighted by molar-refractivity contribution is 5.80. The summed E-state index contributed by atoms with van der Waals surface area (Å²) in [6.07, 6.45) is 3.94. The summed E-state index contributed by atoms with van der Waals surface area (Å²) in [5.74, 6) is -0.0537. The minimum atomic E-state index is -0.392. The summed E-state index contributed by atoms with van der Waals surface area (Å²) >= 11 is 0. The molecule has 1 aliphatic rings. The Kier molecular flexibility index (Phi) is 4.90. The second-order valence-corrected chi connectivity index (χ2v) is 3.98. The second-order valence-electron chi connectivity index (χ2n) is 3.98. The predicted octanol–water partition coefficient (Wildman–Crippen LogP) is -0.0643. The molecular formula is C10H21N3O. The molecule has 3 N–H and O–H groups in total. The lowest BCUT2D eigenvalue weighted by Gasteiger charge is -2.26. The zero-order valence-corrected chi connectivity index (χ0v) is 8.96. The quantitative estimate of drug-likeness (QED) is 0.666. The Balaban J connectivity index is 2.05. The Bertz CT molecular complexity index is 176. The van der Waals surface area contributed by atoms with Crippen LogP contribution in [-0.2, 0) is 4.79 Å². The summed E-state index contributed by atoms with van der Waals surface area (Å²) in [7, 11) is 0. The summed E-state index contributed by atoms with van der Waals surface area (Å²) < 4.78 is 0. The number of carbonyl (C=O) groups excluding carboxylic acids is 1. The van der Waals surface area contributed by atoms with Crippen LogP contribution in [0.3, 0.4) is 0 Å². The van der Waals surface area contributed by atoms with Gasteiger partial charge >= 0.3 is 0 Å². The number of hydrogen-bond donors (Lipinski definition) is 2. The molecule has 0 aromatic heterocycles. The molecule has 4 heteroatoms. The molecule has 1 heterocycles. The fraction of sp³-hybridized carbons (Fsp3) is 0.900. The van der Waals surface area contributed by atoms with Crippen LogP contribution in [0, 0.1) is 0 Å². The zero-order chi connectivity index (χ0) is 10.4. The maximum atomic E-state index is 11.1. The summed E-state index contributed by atoms with van der Waals surface area (Å²) in [4.78, 5) is 13.5. The third-order valence-electron chi connectivity index (χ3n) is 2.59. The van der Waals surface area contributed by atoms with Crippen molar-refractivity contribution in [1.82, 2.24) is 10.2 Å². The SMILES string of the molecule is CC(N)C(=O)NCCN1CCCCC1. The predicted molar refractivity (Wildman–Crippen MR) is 57.0 cm³/mol. The van der Waals surface area contributed by atoms with Crippen LogP contribution >= 0.6 is 0 Å². The van der Waals surface area contributed by atoms with E-state index in [-0.39, 0.29) is 5.91 Å². The molecule has 0 radical (unpaired) electrons. The molecular weight excluding hydrogens is 178 g/mol. The fourth-order valence-electron chi connectivity index (χ4n) is 1.68. The summed E-state index contributed by atoms with van der Waals surface area (Å²) in [5, 5.41) is 2.82. The van der Waals surface area contributed by atoms with Crippen LogP contribution in [0.15, 0.2) is 0 Å². The van der Waals surface area contributed by atoms with E-state index in [0.29, 0.717) is 0 Å². The first-order valence-corrected chi connectivity index (χ1v) is 5.46. The van der Waals surface area contributed by atoms with Gasteiger partial charge < -0.3 is 16.0 Å². The Labute approximate surface area is 85.8 Å². The van der Waals surface area contributed by atoms with E-state index in [1.54, 1.807) is 6.92 Å². The van der Waals surface area contributed by atoms with E-state index >= 15 is 0 Å². The van der Waals surface area contributed by atoms with Crippen molar-refractivity contribution in [3.05, 3.63) is 0 Å². The molecule has 1 rings (SSSR count). The van der Waals surface area contributed by atoms with E-state index in [1.165, 1.54) is 32.4 Å². The maximum absolute atomic E-state index is 11.1. The molecule has 1 saturated heterocycles. The Morgan fingerprint density at radius 3 is 2.64 bits per heavy atom. The van der Waals surface area contributed by atoms with Gasteiger partial charge in [0, 0.05) is 13.1 Å². The molecule has 1 atom stereocenters. The lowest BCUT2D eigenvalue weighted by Crippen LogP contribution is -2.43. The number of carbonyl (C=O) groups is 1. The Morgan fingerprint density at radius 1 is 1.43 bits per heavy atom. The third-order valence-corrected chi connectivity index (χ3v) is 2.59. The standard InChI is InChI=1S/C10H21N3O/c1-9(11)10(14)12-5-8-13-6-3-2-4-7-13/h9H,2-8,11H2,1H3,(H,12,14). The molecule has 1 amide bonds. The lowest BCUT2D eigenvalue weighted by molar-refractivity contribution is -0.122. The van der Waals surface area contributed by atoms with Crippen molar-refractivity contribution in [3.63, 3.8) is 0 Å². The minimum Gasteiger partial charge on any atom is -0.353 e. The van der Waals surface area contributed by atoms with Gasteiger partial charge in [-0.15, -0.1) is 0 Å². The number of nitrogens with one attached hydrogen (secondary N) is 1. The lowest BCUT2D eigenvalue weighted by atomic mass is 10.1. The van der Waals surface area contributed by atoms with E-state index in [1.807, 2.05) is 0 Å². The third kappa shape index (κ3) is 4.07. The highest BCUT2D eigenvalue weighted by Gasteiger charge is 2.10. The maximum Gasteiger partial charge on any atom is 0.236 e. The highest BCUT2D eigenvalue weighted by Crippen LogP contribution is 2.07. The minimum absolute atomic E-state index is 0.0537. The van der Waals surface area contributed by atoms with Gasteiger partial charge in [0.15, 0.2) is 0 Å². The van der Waals surface area contributed by atoms with Crippen LogP contribution in [0.1, 0.15) is 26.2 Å². The van der Waals surface area contributed by atoms with E-state index in [2.05, 4.69) is 10.2 Å². The molecule has 0 saturated carbocycles. The van der Waals surface area contributed by atoms with Crippen molar-refractivity contribution in [2.75, 3.05) is 26.2 Å². The summed E-state index contributed by atoms with van der Waals surface area (Å²) in [5.41, 5.74) is 5.43. The normalized spacial score (nSPS) is 20.4. The number of likely N-dealkylation sites (tertiary alicyclic amines) is 1. The number of nitrogens with two attached hydrogens (primary N) is 1. The van der Waals surface area contributed by atoms with Crippen LogP contribution in [0.2, 0.25) is 0 Å². The van der Waals surface area contributed by atoms with Crippen molar-refractivity contribution in [1.29, 1.82) is 0 Å². The van der Waals surface area contributed by atoms with Gasteiger partial charge in [-0.25, -0.2) is 0 Å². The molecule has 82 valence electrons. The number of rotatable bonds is 4. The monoisotopic (exact) mass is 199 g/mol. The number of piperidine rings is 1. The van der Waals surface area contributed by atoms with Crippen LogP contribution in [0.4, 0.5) is 0 Å². The number of nitrogens with zero attached hydrogens (tertiary/aromatic N) is 1. The molecule has 0 spiro atoms. The Hall–Kier alpha value is -0.610. The average molecular weight is 199 g/mol. The molecule has 0 aliphatic carbocycles. The van der Waals surface area contributed by atoms with Gasteiger partial charge in [0.05, 0.1) is 6.04 Å². The largest absolute Gasteiger partial charge is 0.353 e. The van der Waals surface area contributed by atoms with Crippen LogP contribution in [0.5, 0.6) is 0 Å². The molecule has 1 aliphatic heterocycles. The molecule has 0 bridgehead atoms. The average Bonchev–Trinajstić information content (AvgIpc) is 2.19. The van der Waals surface area contributed by atoms with E-state index in [9.17, 15) is 4.79 Å².